The molecule has 5 N–H and O–H groups in total. The zero-order valence-electron chi connectivity index (χ0n) is 17.6. The number of anilines is 4. The maximum atomic E-state index is 5.62. The van der Waals surface area contributed by atoms with Crippen LogP contribution in [0.2, 0.25) is 0 Å². The van der Waals surface area contributed by atoms with Crippen LogP contribution >= 0.6 is 0 Å². The summed E-state index contributed by atoms with van der Waals surface area (Å²) < 4.78 is 10.6. The predicted octanol–water partition coefficient (Wildman–Crippen LogP) is 3.09. The maximum absolute atomic E-state index is 5.62. The van der Waals surface area contributed by atoms with E-state index in [1.165, 1.54) is 0 Å². The van der Waals surface area contributed by atoms with Gasteiger partial charge in [-0.15, -0.1) is 0 Å². The van der Waals surface area contributed by atoms with Crippen LogP contribution in [-0.2, 0) is 11.3 Å². The SMILES string of the molecule is COCCOc1ccnc(Nc2cnc(NN)c(NCc3ccc4ncccc4c3)n2)c1. The van der Waals surface area contributed by atoms with Crippen LogP contribution in [0.1, 0.15) is 5.56 Å². The number of nitrogen functional groups attached to an aromatic ring is 1. The van der Waals surface area contributed by atoms with Crippen molar-refractivity contribution < 1.29 is 9.47 Å². The number of hydrazine groups is 1. The number of aromatic nitrogens is 4. The molecule has 1 aromatic carbocycles. The molecule has 32 heavy (non-hydrogen) atoms. The molecule has 0 amide bonds. The molecule has 0 saturated carbocycles. The van der Waals surface area contributed by atoms with Crippen molar-refractivity contribution in [2.45, 2.75) is 6.54 Å². The largest absolute Gasteiger partial charge is 0.491 e. The number of methoxy groups -OCH3 is 1. The summed E-state index contributed by atoms with van der Waals surface area (Å²) in [7, 11) is 1.63. The van der Waals surface area contributed by atoms with Gasteiger partial charge in [-0.25, -0.2) is 20.8 Å². The summed E-state index contributed by atoms with van der Waals surface area (Å²) in [5.74, 6) is 8.32. The van der Waals surface area contributed by atoms with Gasteiger partial charge in [0.2, 0.25) is 0 Å². The topological polar surface area (TPSA) is 132 Å². The van der Waals surface area contributed by atoms with E-state index in [0.717, 1.165) is 16.5 Å². The quantitative estimate of drug-likeness (QED) is 0.168. The second kappa shape index (κ2) is 10.3. The summed E-state index contributed by atoms with van der Waals surface area (Å²) in [5, 5.41) is 7.49. The van der Waals surface area contributed by atoms with Gasteiger partial charge in [0.15, 0.2) is 17.5 Å². The van der Waals surface area contributed by atoms with Gasteiger partial charge >= 0.3 is 0 Å². The van der Waals surface area contributed by atoms with E-state index in [1.54, 1.807) is 37.8 Å². The highest BCUT2D eigenvalue weighted by Gasteiger charge is 2.09. The van der Waals surface area contributed by atoms with Crippen molar-refractivity contribution in [1.29, 1.82) is 0 Å². The second-order valence-electron chi connectivity index (χ2n) is 6.82. The van der Waals surface area contributed by atoms with E-state index in [-0.39, 0.29) is 0 Å². The second-order valence-corrected chi connectivity index (χ2v) is 6.82. The highest BCUT2D eigenvalue weighted by atomic mass is 16.5. The van der Waals surface area contributed by atoms with Crippen LogP contribution in [0.25, 0.3) is 10.9 Å². The summed E-state index contributed by atoms with van der Waals surface area (Å²) in [4.78, 5) is 17.6. The molecule has 0 bridgehead atoms. The third kappa shape index (κ3) is 5.36. The van der Waals surface area contributed by atoms with Crippen molar-refractivity contribution in [3.05, 3.63) is 66.6 Å². The standard InChI is InChI=1S/C22H24N8O2/c1-31-9-10-32-17-6-8-25-19(12-17)28-20-14-27-22(30-23)21(29-20)26-13-15-4-5-18-16(11-15)3-2-7-24-18/h2-8,11-12,14H,9-10,13,23H2,1H3,(H,27,30)(H2,25,26,28,29). The van der Waals surface area contributed by atoms with Crippen LogP contribution in [0.15, 0.2) is 61.1 Å². The van der Waals surface area contributed by atoms with Gasteiger partial charge < -0.3 is 25.5 Å². The van der Waals surface area contributed by atoms with Gasteiger partial charge in [0.05, 0.1) is 18.3 Å². The lowest BCUT2D eigenvalue weighted by Crippen LogP contribution is -2.14. The Kier molecular flexibility index (Phi) is 6.85. The van der Waals surface area contributed by atoms with E-state index < -0.39 is 0 Å². The van der Waals surface area contributed by atoms with Crippen molar-refractivity contribution >= 4 is 34.2 Å². The fraction of sp³-hybridized carbons (Fsp3) is 0.182. The number of hydrogen-bond acceptors (Lipinski definition) is 10. The number of nitrogens with two attached hydrogens (primary N) is 1. The van der Waals surface area contributed by atoms with E-state index >= 15 is 0 Å². The minimum Gasteiger partial charge on any atom is -0.491 e. The Morgan fingerprint density at radius 2 is 1.88 bits per heavy atom. The van der Waals surface area contributed by atoms with Gasteiger partial charge in [-0.3, -0.25) is 4.98 Å². The first-order valence-corrected chi connectivity index (χ1v) is 10.0. The zero-order valence-corrected chi connectivity index (χ0v) is 17.6. The highest BCUT2D eigenvalue weighted by molar-refractivity contribution is 5.79. The average molecular weight is 432 g/mol. The first-order valence-electron chi connectivity index (χ1n) is 10.0. The van der Waals surface area contributed by atoms with Crippen LogP contribution < -0.4 is 26.6 Å². The van der Waals surface area contributed by atoms with E-state index in [0.29, 0.717) is 48.8 Å². The monoisotopic (exact) mass is 432 g/mol. The Balaban J connectivity index is 1.46. The fourth-order valence-electron chi connectivity index (χ4n) is 3.04. The number of benzene rings is 1. The first kappa shape index (κ1) is 21.2. The third-order valence-electron chi connectivity index (χ3n) is 4.58. The first-order chi connectivity index (χ1) is 15.7. The molecule has 4 rings (SSSR count). The van der Waals surface area contributed by atoms with E-state index in [4.69, 9.17) is 15.3 Å². The van der Waals surface area contributed by atoms with Crippen molar-refractivity contribution in [3.8, 4) is 5.75 Å². The lowest BCUT2D eigenvalue weighted by molar-refractivity contribution is 0.146. The molecule has 4 aromatic rings. The fourth-order valence-corrected chi connectivity index (χ4v) is 3.04. The number of fused-ring (bicyclic) bond motifs is 1. The predicted molar refractivity (Wildman–Crippen MR) is 124 cm³/mol. The molecule has 0 saturated heterocycles. The van der Waals surface area contributed by atoms with Gasteiger partial charge in [-0.2, -0.15) is 0 Å². The zero-order chi connectivity index (χ0) is 22.2. The minimum atomic E-state index is 0.433. The lowest BCUT2D eigenvalue weighted by atomic mass is 10.1. The number of rotatable bonds is 10. The van der Waals surface area contributed by atoms with Crippen LogP contribution in [0.5, 0.6) is 5.75 Å². The molecule has 0 spiro atoms. The van der Waals surface area contributed by atoms with E-state index in [1.807, 2.05) is 24.3 Å². The Morgan fingerprint density at radius 1 is 0.938 bits per heavy atom. The molecule has 10 nitrogen and oxygen atoms in total. The number of nitrogens with zero attached hydrogens (tertiary/aromatic N) is 4. The molecule has 0 fully saturated rings. The molecule has 0 atom stereocenters. The van der Waals surface area contributed by atoms with Crippen molar-refractivity contribution in [3.63, 3.8) is 0 Å². The summed E-state index contributed by atoms with van der Waals surface area (Å²) in [5.41, 5.74) is 4.60. The smallest absolute Gasteiger partial charge is 0.183 e. The third-order valence-corrected chi connectivity index (χ3v) is 4.58. The lowest BCUT2D eigenvalue weighted by Gasteiger charge is -2.13. The van der Waals surface area contributed by atoms with Gasteiger partial charge in [0.25, 0.3) is 0 Å². The van der Waals surface area contributed by atoms with Crippen LogP contribution in [0, 0.1) is 0 Å². The Bertz CT molecular complexity index is 1190. The van der Waals surface area contributed by atoms with Crippen LogP contribution in [-0.4, -0.2) is 40.3 Å². The van der Waals surface area contributed by atoms with Gasteiger partial charge in [0, 0.05) is 37.5 Å². The molecule has 0 aliphatic heterocycles. The number of ether oxygens (including phenoxy) is 2. The molecule has 0 radical (unpaired) electrons. The molecule has 3 aromatic heterocycles. The summed E-state index contributed by atoms with van der Waals surface area (Å²) in [6.45, 7) is 1.50. The highest BCUT2D eigenvalue weighted by Crippen LogP contribution is 2.23. The van der Waals surface area contributed by atoms with Crippen molar-refractivity contribution in [1.82, 2.24) is 19.9 Å². The summed E-state index contributed by atoms with van der Waals surface area (Å²) in [6, 6.07) is 13.6. The Morgan fingerprint density at radius 3 is 2.75 bits per heavy atom. The molecular formula is C22H24N8O2. The van der Waals surface area contributed by atoms with Crippen molar-refractivity contribution in [2.75, 3.05) is 36.4 Å². The van der Waals surface area contributed by atoms with Gasteiger partial charge in [-0.1, -0.05) is 12.1 Å². The number of hydrogen-bond donors (Lipinski definition) is 4. The van der Waals surface area contributed by atoms with Crippen LogP contribution in [0.3, 0.4) is 0 Å². The minimum absolute atomic E-state index is 0.433. The number of nitrogens with one attached hydrogen (secondary N) is 3. The normalized spacial score (nSPS) is 10.7. The maximum Gasteiger partial charge on any atom is 0.183 e. The number of pyridine rings is 2. The molecule has 0 aliphatic carbocycles. The molecule has 0 aliphatic rings. The van der Waals surface area contributed by atoms with Crippen LogP contribution in [0.4, 0.5) is 23.3 Å². The molecule has 3 heterocycles. The Hall–Kier alpha value is -4.02. The summed E-state index contributed by atoms with van der Waals surface area (Å²) >= 11 is 0. The van der Waals surface area contributed by atoms with Gasteiger partial charge in [0.1, 0.15) is 18.2 Å². The van der Waals surface area contributed by atoms with E-state index in [9.17, 15) is 0 Å². The van der Waals surface area contributed by atoms with E-state index in [2.05, 4.69) is 42.1 Å². The molecule has 10 heteroatoms. The summed E-state index contributed by atoms with van der Waals surface area (Å²) in [6.07, 6.45) is 5.01. The van der Waals surface area contributed by atoms with Crippen molar-refractivity contribution in [2.24, 2.45) is 5.84 Å². The molecule has 0 unspecified atom stereocenters. The molecule has 164 valence electrons. The van der Waals surface area contributed by atoms with Gasteiger partial charge in [-0.05, 0) is 29.8 Å². The molecular weight excluding hydrogens is 408 g/mol. The Labute approximate surface area is 185 Å². The average Bonchev–Trinajstić information content (AvgIpc) is 2.83.